The van der Waals surface area contributed by atoms with Gasteiger partial charge in [-0.2, -0.15) is 5.10 Å². The van der Waals surface area contributed by atoms with Gasteiger partial charge < -0.3 is 10.1 Å². The topological polar surface area (TPSA) is 39.1 Å². The molecule has 4 heteroatoms. The molecule has 2 atom stereocenters. The van der Waals surface area contributed by atoms with Crippen molar-refractivity contribution in [2.45, 2.75) is 63.6 Å². The number of methoxy groups -OCH3 is 1. The Morgan fingerprint density at radius 3 is 2.84 bits per heavy atom. The molecular weight excluding hydrogens is 238 g/mol. The lowest BCUT2D eigenvalue weighted by Gasteiger charge is -2.18. The molecule has 19 heavy (non-hydrogen) atoms. The Bertz CT molecular complexity index is 371. The van der Waals surface area contributed by atoms with E-state index in [-0.39, 0.29) is 6.10 Å². The van der Waals surface area contributed by atoms with Gasteiger partial charge in [0.05, 0.1) is 17.8 Å². The molecule has 0 bridgehead atoms. The van der Waals surface area contributed by atoms with E-state index in [9.17, 15) is 0 Å². The normalized spacial score (nSPS) is 19.7. The molecule has 0 saturated heterocycles. The summed E-state index contributed by atoms with van der Waals surface area (Å²) in [5, 5.41) is 8.11. The second kappa shape index (κ2) is 7.06. The highest BCUT2D eigenvalue weighted by Crippen LogP contribution is 2.28. The van der Waals surface area contributed by atoms with Crippen LogP contribution in [0.4, 0.5) is 0 Å². The SMILES string of the molecule is CNC(Cc1ccn(C2CCCC2)n1)CC(C)OC. The molecule has 1 aromatic rings. The molecule has 1 aliphatic carbocycles. The molecule has 0 aromatic carbocycles. The molecule has 0 radical (unpaired) electrons. The molecule has 1 aromatic heterocycles. The smallest absolute Gasteiger partial charge is 0.0640 e. The maximum absolute atomic E-state index is 5.34. The third kappa shape index (κ3) is 4.05. The third-order valence-electron chi connectivity index (χ3n) is 4.24. The number of likely N-dealkylation sites (N-methyl/N-ethyl adjacent to an activating group) is 1. The van der Waals surface area contributed by atoms with Crippen LogP contribution < -0.4 is 5.32 Å². The maximum atomic E-state index is 5.34. The molecule has 1 fully saturated rings. The zero-order valence-electron chi connectivity index (χ0n) is 12.4. The molecule has 1 saturated carbocycles. The van der Waals surface area contributed by atoms with E-state index in [0.29, 0.717) is 12.1 Å². The monoisotopic (exact) mass is 265 g/mol. The molecule has 0 amide bonds. The summed E-state index contributed by atoms with van der Waals surface area (Å²) >= 11 is 0. The van der Waals surface area contributed by atoms with E-state index in [2.05, 4.69) is 29.2 Å². The van der Waals surface area contributed by atoms with Gasteiger partial charge in [0.25, 0.3) is 0 Å². The van der Waals surface area contributed by atoms with Gasteiger partial charge in [0, 0.05) is 25.8 Å². The lowest BCUT2D eigenvalue weighted by Crippen LogP contribution is -2.31. The predicted molar refractivity (Wildman–Crippen MR) is 77.4 cm³/mol. The van der Waals surface area contributed by atoms with Gasteiger partial charge in [-0.05, 0) is 39.3 Å². The maximum Gasteiger partial charge on any atom is 0.0640 e. The molecule has 0 spiro atoms. The van der Waals surface area contributed by atoms with E-state index >= 15 is 0 Å². The standard InChI is InChI=1S/C15H27N3O/c1-12(19-3)10-14(16-2)11-13-8-9-18(17-13)15-6-4-5-7-15/h8-9,12,14-16H,4-7,10-11H2,1-3H3. The van der Waals surface area contributed by atoms with Crippen LogP contribution in [0.3, 0.4) is 0 Å². The number of nitrogens with zero attached hydrogens (tertiary/aromatic N) is 2. The summed E-state index contributed by atoms with van der Waals surface area (Å²) in [7, 11) is 3.78. The van der Waals surface area contributed by atoms with Gasteiger partial charge in [-0.25, -0.2) is 0 Å². The van der Waals surface area contributed by atoms with Crippen molar-refractivity contribution in [3.05, 3.63) is 18.0 Å². The van der Waals surface area contributed by atoms with Gasteiger partial charge in [0.1, 0.15) is 0 Å². The van der Waals surface area contributed by atoms with Gasteiger partial charge in [-0.3, -0.25) is 4.68 Å². The van der Waals surface area contributed by atoms with Crippen LogP contribution in [0, 0.1) is 0 Å². The van der Waals surface area contributed by atoms with Crippen molar-refractivity contribution in [1.82, 2.24) is 15.1 Å². The van der Waals surface area contributed by atoms with Crippen molar-refractivity contribution in [3.63, 3.8) is 0 Å². The largest absolute Gasteiger partial charge is 0.382 e. The summed E-state index contributed by atoms with van der Waals surface area (Å²) in [4.78, 5) is 0. The van der Waals surface area contributed by atoms with E-state index in [1.54, 1.807) is 7.11 Å². The first-order valence-electron chi connectivity index (χ1n) is 7.47. The first kappa shape index (κ1) is 14.5. The summed E-state index contributed by atoms with van der Waals surface area (Å²) in [5.41, 5.74) is 1.19. The van der Waals surface area contributed by atoms with Crippen LogP contribution in [0.2, 0.25) is 0 Å². The number of nitrogens with one attached hydrogen (secondary N) is 1. The second-order valence-corrected chi connectivity index (χ2v) is 5.70. The van der Waals surface area contributed by atoms with Crippen molar-refractivity contribution in [2.24, 2.45) is 0 Å². The number of ether oxygens (including phenoxy) is 1. The lowest BCUT2D eigenvalue weighted by molar-refractivity contribution is 0.101. The highest BCUT2D eigenvalue weighted by molar-refractivity contribution is 5.03. The zero-order valence-corrected chi connectivity index (χ0v) is 12.4. The van der Waals surface area contributed by atoms with Gasteiger partial charge in [0.2, 0.25) is 0 Å². The van der Waals surface area contributed by atoms with Gasteiger partial charge in [-0.1, -0.05) is 12.8 Å². The molecule has 4 nitrogen and oxygen atoms in total. The number of hydrogen-bond acceptors (Lipinski definition) is 3. The van der Waals surface area contributed by atoms with Gasteiger partial charge in [0.15, 0.2) is 0 Å². The fourth-order valence-electron chi connectivity index (χ4n) is 2.91. The van der Waals surface area contributed by atoms with E-state index in [1.165, 1.54) is 31.4 Å². The fourth-order valence-corrected chi connectivity index (χ4v) is 2.91. The Morgan fingerprint density at radius 1 is 1.47 bits per heavy atom. The fraction of sp³-hybridized carbons (Fsp3) is 0.800. The molecular formula is C15H27N3O. The third-order valence-corrected chi connectivity index (χ3v) is 4.24. The summed E-state index contributed by atoms with van der Waals surface area (Å²) in [5.74, 6) is 0. The van der Waals surface area contributed by atoms with Crippen LogP contribution in [0.1, 0.15) is 50.8 Å². The number of rotatable bonds is 7. The first-order chi connectivity index (χ1) is 9.22. The predicted octanol–water partition coefficient (Wildman–Crippen LogP) is 2.55. The van der Waals surface area contributed by atoms with Gasteiger partial charge in [-0.15, -0.1) is 0 Å². The molecule has 2 unspecified atom stereocenters. The second-order valence-electron chi connectivity index (χ2n) is 5.70. The van der Waals surface area contributed by atoms with E-state index in [1.807, 2.05) is 7.05 Å². The Labute approximate surface area is 116 Å². The van der Waals surface area contributed by atoms with Crippen molar-refractivity contribution >= 4 is 0 Å². The Morgan fingerprint density at radius 2 is 2.21 bits per heavy atom. The highest BCUT2D eigenvalue weighted by Gasteiger charge is 2.18. The average Bonchev–Trinajstić information content (AvgIpc) is 3.08. The van der Waals surface area contributed by atoms with Crippen molar-refractivity contribution < 1.29 is 4.74 Å². The van der Waals surface area contributed by atoms with E-state index in [0.717, 1.165) is 12.8 Å². The minimum Gasteiger partial charge on any atom is -0.382 e. The van der Waals surface area contributed by atoms with Crippen LogP contribution in [-0.4, -0.2) is 36.1 Å². The molecule has 0 aliphatic heterocycles. The highest BCUT2D eigenvalue weighted by atomic mass is 16.5. The Hall–Kier alpha value is -0.870. The van der Waals surface area contributed by atoms with E-state index < -0.39 is 0 Å². The molecule has 1 heterocycles. The molecule has 2 rings (SSSR count). The van der Waals surface area contributed by atoms with Crippen LogP contribution >= 0.6 is 0 Å². The Balaban J connectivity index is 1.90. The molecule has 108 valence electrons. The quantitative estimate of drug-likeness (QED) is 0.823. The van der Waals surface area contributed by atoms with Crippen LogP contribution in [0.15, 0.2) is 12.3 Å². The minimum absolute atomic E-state index is 0.286. The number of hydrogen-bond donors (Lipinski definition) is 1. The lowest BCUT2D eigenvalue weighted by atomic mass is 10.1. The molecule has 1 aliphatic rings. The summed E-state index contributed by atoms with van der Waals surface area (Å²) < 4.78 is 7.52. The number of aromatic nitrogens is 2. The minimum atomic E-state index is 0.286. The summed E-state index contributed by atoms with van der Waals surface area (Å²) in [6, 6.07) is 3.24. The Kier molecular flexibility index (Phi) is 5.40. The summed E-state index contributed by atoms with van der Waals surface area (Å²) in [6.45, 7) is 2.11. The van der Waals surface area contributed by atoms with Crippen LogP contribution in [0.25, 0.3) is 0 Å². The molecule has 1 N–H and O–H groups in total. The average molecular weight is 265 g/mol. The first-order valence-corrected chi connectivity index (χ1v) is 7.47. The van der Waals surface area contributed by atoms with Crippen LogP contribution in [0.5, 0.6) is 0 Å². The van der Waals surface area contributed by atoms with Crippen molar-refractivity contribution in [1.29, 1.82) is 0 Å². The van der Waals surface area contributed by atoms with Crippen molar-refractivity contribution in [3.8, 4) is 0 Å². The van der Waals surface area contributed by atoms with Gasteiger partial charge >= 0.3 is 0 Å². The zero-order chi connectivity index (χ0) is 13.7. The van der Waals surface area contributed by atoms with Crippen molar-refractivity contribution in [2.75, 3.05) is 14.2 Å². The van der Waals surface area contributed by atoms with Crippen LogP contribution in [-0.2, 0) is 11.2 Å². The van der Waals surface area contributed by atoms with E-state index in [4.69, 9.17) is 9.84 Å². The summed E-state index contributed by atoms with van der Waals surface area (Å²) in [6.07, 6.45) is 9.71.